The van der Waals surface area contributed by atoms with E-state index in [4.69, 9.17) is 5.21 Å². The number of nitrogens with two attached hydrogens (primary N) is 1. The Hall–Kier alpha value is -0.120. The number of quaternary nitrogens is 1. The van der Waals surface area contributed by atoms with Crippen LogP contribution in [0.2, 0.25) is 0 Å². The Balaban J connectivity index is 1.97. The Morgan fingerprint density at radius 3 is 2.25 bits per heavy atom. The second kappa shape index (κ2) is 2.88. The van der Waals surface area contributed by atoms with Crippen LogP contribution in [0.1, 0.15) is 0 Å². The molecule has 0 unspecified atom stereocenters. The fourth-order valence-electron chi connectivity index (χ4n) is 0. The summed E-state index contributed by atoms with van der Waals surface area (Å²) in [6.07, 6.45) is 0. The molecule has 0 atom stereocenters. The molecule has 0 aromatic heterocycles. The van der Waals surface area contributed by atoms with Gasteiger partial charge in [0, 0.05) is 0 Å². The van der Waals surface area contributed by atoms with Crippen LogP contribution in [0, 0.1) is 5.21 Å². The minimum Gasteiger partial charge on any atom is -0.742 e. The molecular weight excluding hydrogens is 56.0 g/mol. The van der Waals surface area contributed by atoms with E-state index in [1.165, 1.54) is 5.43 Å². The Bertz CT molecular complexity index is 8.00. The summed E-state index contributed by atoms with van der Waals surface area (Å²) in [5.41, 5.74) is 2.88. The van der Waals surface area contributed by atoms with Crippen molar-refractivity contribution in [2.24, 2.45) is 0 Å². The lowest BCUT2D eigenvalue weighted by Gasteiger charge is -1.94. The monoisotopic (exact) mass is 62.0 g/mol. The van der Waals surface area contributed by atoms with Crippen LogP contribution >= 0.6 is 0 Å². The van der Waals surface area contributed by atoms with Gasteiger partial charge >= 0.3 is 0 Å². The van der Waals surface area contributed by atoms with Crippen molar-refractivity contribution in [1.82, 2.24) is 5.59 Å². The summed E-state index contributed by atoms with van der Waals surface area (Å²) in [6.45, 7) is 0. The van der Waals surface area contributed by atoms with E-state index >= 15 is 0 Å². The van der Waals surface area contributed by atoms with Crippen molar-refractivity contribution >= 4 is 0 Å². The summed E-state index contributed by atoms with van der Waals surface area (Å²) in [5.74, 6) is 0. The topological polar surface area (TPSA) is 51.7 Å². The summed E-state index contributed by atoms with van der Waals surface area (Å²) in [7, 11) is 1.63. The first-order chi connectivity index (χ1) is 1.91. The third-order valence-corrected chi connectivity index (χ3v) is 0.118. The van der Waals surface area contributed by atoms with Crippen LogP contribution < -0.4 is 11.0 Å². The predicted molar refractivity (Wildman–Crippen MR) is 14.4 cm³/mol. The Morgan fingerprint density at radius 2 is 2.25 bits per heavy atom. The van der Waals surface area contributed by atoms with Crippen molar-refractivity contribution in [2.45, 2.75) is 0 Å². The molecule has 0 aliphatic rings. The second-order valence-corrected chi connectivity index (χ2v) is 0.407. The molecule has 0 saturated heterocycles. The van der Waals surface area contributed by atoms with Crippen LogP contribution in [0.15, 0.2) is 0 Å². The van der Waals surface area contributed by atoms with Crippen LogP contribution in [0.4, 0.5) is 0 Å². The molecule has 0 aromatic rings. The van der Waals surface area contributed by atoms with Crippen molar-refractivity contribution in [1.29, 1.82) is 0 Å². The minimum atomic E-state index is 1.32. The molecule has 0 spiro atoms. The predicted octanol–water partition coefficient (Wildman–Crippen LogP) is -1.82. The van der Waals surface area contributed by atoms with Crippen molar-refractivity contribution in [3.63, 3.8) is 0 Å². The van der Waals surface area contributed by atoms with E-state index in [-0.39, 0.29) is 0 Å². The molecule has 3 nitrogen and oxygen atoms in total. The number of hydrogen-bond donors (Lipinski definition) is 2. The van der Waals surface area contributed by atoms with E-state index in [0.717, 1.165) is 0 Å². The third-order valence-electron chi connectivity index (χ3n) is 0.118. The van der Waals surface area contributed by atoms with E-state index in [2.05, 4.69) is 0 Å². The number of nitrogens with one attached hydrogen (secondary N) is 1. The lowest BCUT2D eigenvalue weighted by molar-refractivity contribution is -0.676. The first kappa shape index (κ1) is 3.88. The van der Waals surface area contributed by atoms with Crippen molar-refractivity contribution in [3.8, 4) is 0 Å². The first-order valence-corrected chi connectivity index (χ1v) is 1.07. The van der Waals surface area contributed by atoms with Gasteiger partial charge in [-0.2, -0.15) is 0 Å². The lowest BCUT2D eigenvalue weighted by Crippen LogP contribution is -2.87. The number of hydrogen-bond acceptors (Lipinski definition) is 2. The molecule has 0 aromatic carbocycles. The molecule has 0 radical (unpaired) electrons. The molecule has 3 heteroatoms. The van der Waals surface area contributed by atoms with Gasteiger partial charge < -0.3 is 5.21 Å². The highest BCUT2D eigenvalue weighted by molar-refractivity contribution is 4.02. The zero-order valence-corrected chi connectivity index (χ0v) is 2.49. The summed E-state index contributed by atoms with van der Waals surface area (Å²) in [6, 6.07) is 0. The van der Waals surface area contributed by atoms with E-state index < -0.39 is 0 Å². The largest absolute Gasteiger partial charge is 0.742 e. The summed E-state index contributed by atoms with van der Waals surface area (Å²) >= 11 is 0. The normalized spacial score (nSPS) is 7.50. The second-order valence-electron chi connectivity index (χ2n) is 0.407. The van der Waals surface area contributed by atoms with Crippen LogP contribution in [-0.2, 0) is 0 Å². The molecule has 0 aliphatic heterocycles. The third kappa shape index (κ3) is 1.88. The van der Waals surface area contributed by atoms with E-state index in [9.17, 15) is 0 Å². The van der Waals surface area contributed by atoms with E-state index in [1.807, 2.05) is 0 Å². The molecule has 0 heterocycles. The SMILES string of the molecule is C[NH2+]N[O-]. The van der Waals surface area contributed by atoms with Gasteiger partial charge in [0.1, 0.15) is 0 Å². The van der Waals surface area contributed by atoms with Gasteiger partial charge in [-0.25, -0.2) is 5.59 Å². The van der Waals surface area contributed by atoms with Gasteiger partial charge in [-0.1, -0.05) is 0 Å². The maximum absolute atomic E-state index is 8.99. The summed E-state index contributed by atoms with van der Waals surface area (Å²) < 4.78 is 0. The lowest BCUT2D eigenvalue weighted by atomic mass is 11.5. The van der Waals surface area contributed by atoms with Gasteiger partial charge in [-0.05, 0) is 0 Å². The molecule has 3 N–H and O–H groups in total. The molecule has 26 valence electrons. The van der Waals surface area contributed by atoms with Crippen LogP contribution in [0.25, 0.3) is 0 Å². The average molecular weight is 62.1 g/mol. The highest BCUT2D eigenvalue weighted by Crippen LogP contribution is 0.922. The molecular formula is CH6N2O. The highest BCUT2D eigenvalue weighted by Gasteiger charge is 1.37. The van der Waals surface area contributed by atoms with Gasteiger partial charge in [0.05, 0.1) is 7.05 Å². The van der Waals surface area contributed by atoms with Crippen LogP contribution in [0.3, 0.4) is 0 Å². The zero-order chi connectivity index (χ0) is 3.41. The smallest absolute Gasteiger partial charge is 0.0817 e. The Labute approximate surface area is 24.6 Å². The molecule has 0 amide bonds. The van der Waals surface area contributed by atoms with E-state index in [1.54, 1.807) is 12.6 Å². The van der Waals surface area contributed by atoms with Crippen LogP contribution in [-0.4, -0.2) is 7.05 Å². The Kier molecular flexibility index (Phi) is 2.79. The van der Waals surface area contributed by atoms with Gasteiger partial charge in [-0.3, -0.25) is 5.43 Å². The van der Waals surface area contributed by atoms with Crippen molar-refractivity contribution in [2.75, 3.05) is 7.05 Å². The quantitative estimate of drug-likeness (QED) is 0.277. The van der Waals surface area contributed by atoms with Gasteiger partial charge in [0.2, 0.25) is 0 Å². The standard InChI is InChI=1S/CH5N2O/c1-2-3-4/h2-3H,1H3/q-1/p+1. The fourth-order valence-corrected chi connectivity index (χ4v) is 0. The minimum absolute atomic E-state index is 1.32. The summed E-state index contributed by atoms with van der Waals surface area (Å²) in [5, 5.41) is 8.99. The molecule has 0 fully saturated rings. The first-order valence-electron chi connectivity index (χ1n) is 1.07. The molecule has 0 bridgehead atoms. The van der Waals surface area contributed by atoms with Gasteiger partial charge in [-0.15, -0.1) is 0 Å². The molecule has 0 aliphatic carbocycles. The van der Waals surface area contributed by atoms with E-state index in [0.29, 0.717) is 0 Å². The fraction of sp³-hybridized carbons (Fsp3) is 1.00. The molecule has 0 rings (SSSR count). The zero-order valence-electron chi connectivity index (χ0n) is 2.49. The van der Waals surface area contributed by atoms with Crippen molar-refractivity contribution < 1.29 is 5.43 Å². The van der Waals surface area contributed by atoms with Gasteiger partial charge in [0.15, 0.2) is 0 Å². The number of rotatable bonds is 1. The maximum Gasteiger partial charge on any atom is 0.0817 e. The Morgan fingerprint density at radius 1 is 2.00 bits per heavy atom. The van der Waals surface area contributed by atoms with Crippen molar-refractivity contribution in [3.05, 3.63) is 5.21 Å². The average Bonchev–Trinajstić information content (AvgIpc) is 1.37. The maximum atomic E-state index is 8.99. The van der Waals surface area contributed by atoms with Crippen LogP contribution in [0.5, 0.6) is 0 Å². The highest BCUT2D eigenvalue weighted by atomic mass is 16.5. The summed E-state index contributed by atoms with van der Waals surface area (Å²) in [4.78, 5) is 0. The molecule has 4 heavy (non-hydrogen) atoms. The van der Waals surface area contributed by atoms with Gasteiger partial charge in [0.25, 0.3) is 0 Å². The molecule has 0 saturated carbocycles.